The first-order valence-electron chi connectivity index (χ1n) is 19.9. The predicted octanol–water partition coefficient (Wildman–Crippen LogP) is 8.36. The predicted molar refractivity (Wildman–Crippen MR) is 193 cm³/mol. The lowest BCUT2D eigenvalue weighted by Gasteiger charge is -2.21. The Balaban J connectivity index is 2.09. The summed E-state index contributed by atoms with van der Waals surface area (Å²) in [4.78, 5) is 24.4. The molecule has 0 aromatic heterocycles. The Labute approximate surface area is 293 Å². The summed E-state index contributed by atoms with van der Waals surface area (Å²) >= 11 is 0. The van der Waals surface area contributed by atoms with Crippen LogP contribution in [0.5, 0.6) is 0 Å². The minimum atomic E-state index is -0.834. The second-order valence-electron chi connectivity index (χ2n) is 14.8. The van der Waals surface area contributed by atoms with E-state index in [4.69, 9.17) is 9.47 Å². The lowest BCUT2D eigenvalue weighted by molar-refractivity contribution is -0.161. The van der Waals surface area contributed by atoms with Crippen LogP contribution in [0.1, 0.15) is 175 Å². The van der Waals surface area contributed by atoms with E-state index < -0.39 is 24.4 Å². The van der Waals surface area contributed by atoms with Crippen molar-refractivity contribution in [1.29, 1.82) is 0 Å². The van der Waals surface area contributed by atoms with Crippen LogP contribution in [0, 0.1) is 17.8 Å². The normalized spacial score (nSPS) is 20.8. The number of unbranched alkanes of at least 4 members (excludes halogenated alkanes) is 15. The van der Waals surface area contributed by atoms with Gasteiger partial charge in [0.2, 0.25) is 0 Å². The Bertz CT molecular complexity index is 815. The van der Waals surface area contributed by atoms with Gasteiger partial charge in [-0.3, -0.25) is 9.59 Å². The molecule has 0 unspecified atom stereocenters. The van der Waals surface area contributed by atoms with Gasteiger partial charge in [0.15, 0.2) is 6.10 Å². The molecule has 48 heavy (non-hydrogen) atoms. The van der Waals surface area contributed by atoms with Gasteiger partial charge in [-0.05, 0) is 37.5 Å². The zero-order valence-corrected chi connectivity index (χ0v) is 31.0. The monoisotopic (exact) mass is 683 g/mol. The average molecular weight is 683 g/mol. The molecule has 8 nitrogen and oxygen atoms in total. The van der Waals surface area contributed by atoms with Gasteiger partial charge in [0, 0.05) is 25.2 Å². The first-order valence-corrected chi connectivity index (χ1v) is 19.9. The third-order valence-electron chi connectivity index (χ3n) is 9.84. The van der Waals surface area contributed by atoms with Crippen molar-refractivity contribution < 1.29 is 39.5 Å². The molecule has 0 aromatic rings. The smallest absolute Gasteiger partial charge is 0.306 e. The largest absolute Gasteiger partial charge is 0.462 e. The molecular formula is C40H74O8. The second-order valence-corrected chi connectivity index (χ2v) is 14.8. The maximum Gasteiger partial charge on any atom is 0.306 e. The molecule has 1 saturated carbocycles. The van der Waals surface area contributed by atoms with Crippen LogP contribution in [0.4, 0.5) is 0 Å². The molecule has 0 spiro atoms. The molecule has 1 aliphatic rings. The Hall–Kier alpha value is -1.48. The zero-order chi connectivity index (χ0) is 35.4. The van der Waals surface area contributed by atoms with E-state index in [-0.39, 0.29) is 43.4 Å². The number of hydrogen-bond donors (Lipinski definition) is 4. The summed E-state index contributed by atoms with van der Waals surface area (Å²) in [6, 6.07) is 0. The van der Waals surface area contributed by atoms with E-state index in [0.717, 1.165) is 70.1 Å². The average Bonchev–Trinajstić information content (AvgIpc) is 3.32. The molecule has 0 heterocycles. The standard InChI is InChI=1S/C40H74O8/c1-4-5-17-23-33(42)27-28-36-35(37(43)29-38(36)44)24-19-15-16-20-25-39(45)47-31-34(30-41)48-40(46)26-21-14-12-10-8-6-7-9-11-13-18-22-32(2)3/h27-28,32-38,41-44H,4-26,29-31H2,1-3H3/b28-27+/t33-,34-,35+,36+,37-,38+/m0/s1. The van der Waals surface area contributed by atoms with Gasteiger partial charge in [0.1, 0.15) is 6.61 Å². The summed E-state index contributed by atoms with van der Waals surface area (Å²) in [6.07, 6.45) is 24.8. The molecule has 0 aromatic carbocycles. The maximum absolute atomic E-state index is 12.2. The fraction of sp³-hybridized carbons (Fsp3) is 0.900. The van der Waals surface area contributed by atoms with Crippen molar-refractivity contribution in [2.24, 2.45) is 17.8 Å². The Kier molecular flexibility index (Phi) is 27.2. The van der Waals surface area contributed by atoms with E-state index >= 15 is 0 Å². The van der Waals surface area contributed by atoms with Crippen LogP contribution in [0.25, 0.3) is 0 Å². The number of aliphatic hydroxyl groups excluding tert-OH is 4. The quantitative estimate of drug-likeness (QED) is 0.0326. The molecule has 0 bridgehead atoms. The Morgan fingerprint density at radius 1 is 0.729 bits per heavy atom. The van der Waals surface area contributed by atoms with E-state index in [2.05, 4.69) is 20.8 Å². The highest BCUT2D eigenvalue weighted by molar-refractivity contribution is 5.70. The number of carbonyl (C=O) groups is 2. The van der Waals surface area contributed by atoms with Gasteiger partial charge < -0.3 is 29.9 Å². The van der Waals surface area contributed by atoms with Crippen LogP contribution in [0.15, 0.2) is 12.2 Å². The molecule has 6 atom stereocenters. The van der Waals surface area contributed by atoms with Crippen LogP contribution in [0.2, 0.25) is 0 Å². The fourth-order valence-corrected chi connectivity index (χ4v) is 6.78. The van der Waals surface area contributed by atoms with Crippen LogP contribution in [-0.2, 0) is 19.1 Å². The molecule has 0 amide bonds. The lowest BCUT2D eigenvalue weighted by Crippen LogP contribution is -2.28. The van der Waals surface area contributed by atoms with Gasteiger partial charge in [-0.1, -0.05) is 142 Å². The number of rotatable bonds is 31. The van der Waals surface area contributed by atoms with Gasteiger partial charge in [-0.2, -0.15) is 0 Å². The minimum absolute atomic E-state index is 0.0314. The van der Waals surface area contributed by atoms with Crippen molar-refractivity contribution in [1.82, 2.24) is 0 Å². The van der Waals surface area contributed by atoms with Crippen molar-refractivity contribution in [3.63, 3.8) is 0 Å². The van der Waals surface area contributed by atoms with Crippen molar-refractivity contribution >= 4 is 11.9 Å². The minimum Gasteiger partial charge on any atom is -0.462 e. The number of esters is 2. The number of carbonyl (C=O) groups excluding carboxylic acids is 2. The summed E-state index contributed by atoms with van der Waals surface area (Å²) in [6.45, 7) is 6.19. The first-order chi connectivity index (χ1) is 23.2. The summed E-state index contributed by atoms with van der Waals surface area (Å²) < 4.78 is 10.6. The van der Waals surface area contributed by atoms with Crippen molar-refractivity contribution in [2.45, 2.75) is 199 Å². The van der Waals surface area contributed by atoms with Gasteiger partial charge in [-0.25, -0.2) is 0 Å². The Morgan fingerprint density at radius 3 is 1.85 bits per heavy atom. The topological polar surface area (TPSA) is 134 Å². The first kappa shape index (κ1) is 44.5. The van der Waals surface area contributed by atoms with Gasteiger partial charge in [-0.15, -0.1) is 0 Å². The van der Waals surface area contributed by atoms with Gasteiger partial charge >= 0.3 is 11.9 Å². The third-order valence-corrected chi connectivity index (χ3v) is 9.84. The highest BCUT2D eigenvalue weighted by atomic mass is 16.6. The summed E-state index contributed by atoms with van der Waals surface area (Å²) in [7, 11) is 0. The van der Waals surface area contributed by atoms with E-state index in [0.29, 0.717) is 25.7 Å². The summed E-state index contributed by atoms with van der Waals surface area (Å²) in [5.41, 5.74) is 0. The molecule has 0 radical (unpaired) electrons. The van der Waals surface area contributed by atoms with Crippen LogP contribution in [0.3, 0.4) is 0 Å². The van der Waals surface area contributed by atoms with Crippen LogP contribution < -0.4 is 0 Å². The van der Waals surface area contributed by atoms with Crippen molar-refractivity contribution in [3.05, 3.63) is 12.2 Å². The summed E-state index contributed by atoms with van der Waals surface area (Å²) in [5, 5.41) is 40.7. The number of ether oxygens (including phenoxy) is 2. The van der Waals surface area contributed by atoms with E-state index in [1.165, 1.54) is 57.8 Å². The number of aliphatic hydroxyl groups is 4. The zero-order valence-electron chi connectivity index (χ0n) is 31.0. The molecule has 0 saturated heterocycles. The highest BCUT2D eigenvalue weighted by Gasteiger charge is 2.39. The van der Waals surface area contributed by atoms with Crippen molar-refractivity contribution in [3.8, 4) is 0 Å². The van der Waals surface area contributed by atoms with E-state index in [9.17, 15) is 30.0 Å². The second kappa shape index (κ2) is 29.3. The third kappa shape index (κ3) is 23.0. The van der Waals surface area contributed by atoms with Crippen LogP contribution >= 0.6 is 0 Å². The Morgan fingerprint density at radius 2 is 1.27 bits per heavy atom. The molecule has 1 aliphatic carbocycles. The molecule has 0 aliphatic heterocycles. The number of hydrogen-bond acceptors (Lipinski definition) is 8. The molecule has 4 N–H and O–H groups in total. The molecule has 282 valence electrons. The molecule has 1 fully saturated rings. The SMILES string of the molecule is CCCCC[C@H](O)/C=C/[C@@H]1[C@@H](CCCCCCC(=O)OC[C@H](CO)OC(=O)CCCCCCCCCCCCCC(C)C)[C@@H](O)C[C@H]1O. The van der Waals surface area contributed by atoms with Gasteiger partial charge in [0.05, 0.1) is 24.9 Å². The van der Waals surface area contributed by atoms with Gasteiger partial charge in [0.25, 0.3) is 0 Å². The summed E-state index contributed by atoms with van der Waals surface area (Å²) in [5.74, 6) is -0.0889. The maximum atomic E-state index is 12.2. The van der Waals surface area contributed by atoms with Crippen molar-refractivity contribution in [2.75, 3.05) is 13.2 Å². The van der Waals surface area contributed by atoms with E-state index in [1.807, 2.05) is 6.08 Å². The molecule has 1 rings (SSSR count). The lowest BCUT2D eigenvalue weighted by atomic mass is 9.88. The highest BCUT2D eigenvalue weighted by Crippen LogP contribution is 2.37. The van der Waals surface area contributed by atoms with E-state index in [1.54, 1.807) is 6.08 Å². The van der Waals surface area contributed by atoms with Crippen LogP contribution in [-0.4, -0.2) is 70.0 Å². The molecular weight excluding hydrogens is 608 g/mol. The molecule has 8 heteroatoms. The fourth-order valence-electron chi connectivity index (χ4n) is 6.78.